The van der Waals surface area contributed by atoms with E-state index in [1.807, 2.05) is 0 Å². The summed E-state index contributed by atoms with van der Waals surface area (Å²) in [7, 11) is 0. The van der Waals surface area contributed by atoms with E-state index in [0.717, 1.165) is 12.8 Å². The van der Waals surface area contributed by atoms with Crippen molar-refractivity contribution in [3.8, 4) is 0 Å². The van der Waals surface area contributed by atoms with Crippen molar-refractivity contribution < 1.29 is 19.8 Å². The molecule has 0 atom stereocenters. The SMILES string of the molecule is CCCCCCCCCCCCCCCCCCCCCCCCCC(=O)O.NCC(=O)O. The topological polar surface area (TPSA) is 101 Å². The molecule has 0 fully saturated rings. The van der Waals surface area contributed by atoms with Crippen molar-refractivity contribution in [3.63, 3.8) is 0 Å². The average Bonchev–Trinajstić information content (AvgIpc) is 2.79. The minimum Gasteiger partial charge on any atom is -0.481 e. The monoisotopic (exact) mass is 471 g/mol. The Labute approximate surface area is 205 Å². The van der Waals surface area contributed by atoms with Crippen LogP contribution in [0, 0.1) is 0 Å². The fourth-order valence-electron chi connectivity index (χ4n) is 4.06. The van der Waals surface area contributed by atoms with Gasteiger partial charge in [0, 0.05) is 6.42 Å². The van der Waals surface area contributed by atoms with Gasteiger partial charge in [0.25, 0.3) is 0 Å². The van der Waals surface area contributed by atoms with E-state index in [1.165, 1.54) is 135 Å². The first-order chi connectivity index (χ1) is 16.0. The van der Waals surface area contributed by atoms with Crippen LogP contribution in [0.15, 0.2) is 0 Å². The largest absolute Gasteiger partial charge is 0.481 e. The van der Waals surface area contributed by atoms with Crippen molar-refractivity contribution in [2.45, 2.75) is 161 Å². The van der Waals surface area contributed by atoms with Crippen LogP contribution in [0.4, 0.5) is 0 Å². The third-order valence-corrected chi connectivity index (χ3v) is 6.17. The molecule has 0 aliphatic rings. The highest BCUT2D eigenvalue weighted by molar-refractivity contribution is 5.68. The molecule has 0 aliphatic carbocycles. The van der Waals surface area contributed by atoms with Gasteiger partial charge >= 0.3 is 11.9 Å². The summed E-state index contributed by atoms with van der Waals surface area (Å²) in [5, 5.41) is 16.2. The van der Waals surface area contributed by atoms with E-state index in [9.17, 15) is 9.59 Å². The van der Waals surface area contributed by atoms with Crippen LogP contribution in [0.3, 0.4) is 0 Å². The van der Waals surface area contributed by atoms with Crippen LogP contribution in [0.25, 0.3) is 0 Å². The lowest BCUT2D eigenvalue weighted by Gasteiger charge is -2.04. The summed E-state index contributed by atoms with van der Waals surface area (Å²) in [5.74, 6) is -1.62. The zero-order valence-electron chi connectivity index (χ0n) is 22.0. The first-order valence-corrected chi connectivity index (χ1v) is 14.2. The maximum absolute atomic E-state index is 10.4. The maximum atomic E-state index is 10.4. The minimum absolute atomic E-state index is 0.278. The lowest BCUT2D eigenvalue weighted by atomic mass is 10.0. The molecule has 0 bridgehead atoms. The lowest BCUT2D eigenvalue weighted by Crippen LogP contribution is -2.10. The Kier molecular flexibility index (Phi) is 31.9. The third kappa shape index (κ3) is 38.5. The smallest absolute Gasteiger partial charge is 0.317 e. The molecule has 5 nitrogen and oxygen atoms in total. The van der Waals surface area contributed by atoms with Crippen molar-refractivity contribution in [2.75, 3.05) is 6.54 Å². The van der Waals surface area contributed by atoms with Crippen LogP contribution in [-0.2, 0) is 9.59 Å². The summed E-state index contributed by atoms with van der Waals surface area (Å²) in [4.78, 5) is 19.7. The number of carboxylic acids is 2. The second kappa shape index (κ2) is 30.9. The van der Waals surface area contributed by atoms with E-state index in [0.29, 0.717) is 6.42 Å². The molecule has 33 heavy (non-hydrogen) atoms. The number of aliphatic carboxylic acids is 2. The molecule has 0 amide bonds. The molecule has 0 unspecified atom stereocenters. The number of carbonyl (C=O) groups is 2. The van der Waals surface area contributed by atoms with Gasteiger partial charge in [0.05, 0.1) is 6.54 Å². The first kappa shape index (κ1) is 34.1. The molecule has 0 aromatic rings. The van der Waals surface area contributed by atoms with Gasteiger partial charge in [-0.25, -0.2) is 0 Å². The van der Waals surface area contributed by atoms with Crippen LogP contribution >= 0.6 is 0 Å². The van der Waals surface area contributed by atoms with Gasteiger partial charge in [-0.2, -0.15) is 0 Å². The highest BCUT2D eigenvalue weighted by Crippen LogP contribution is 2.15. The predicted molar refractivity (Wildman–Crippen MR) is 141 cm³/mol. The molecule has 0 saturated heterocycles. The highest BCUT2D eigenvalue weighted by atomic mass is 16.4. The highest BCUT2D eigenvalue weighted by Gasteiger charge is 1.97. The van der Waals surface area contributed by atoms with E-state index in [-0.39, 0.29) is 6.54 Å². The van der Waals surface area contributed by atoms with Crippen LogP contribution in [0.2, 0.25) is 0 Å². The number of hydrogen-bond acceptors (Lipinski definition) is 3. The second-order valence-electron chi connectivity index (χ2n) is 9.52. The zero-order valence-corrected chi connectivity index (χ0v) is 22.0. The minimum atomic E-state index is -0.968. The standard InChI is InChI=1S/C26H52O2.C2H5NO2/c1-2-3-4-5-6-7-8-9-10-11-12-13-14-15-16-17-18-19-20-21-22-23-24-25-26(27)28;3-1-2(4)5/h2-25H2,1H3,(H,27,28);1,3H2,(H,4,5). The van der Waals surface area contributed by atoms with Gasteiger partial charge in [-0.3, -0.25) is 9.59 Å². The fraction of sp³-hybridized carbons (Fsp3) is 0.929. The Bertz CT molecular complexity index is 401. The fourth-order valence-corrected chi connectivity index (χ4v) is 4.06. The third-order valence-electron chi connectivity index (χ3n) is 6.17. The molecule has 0 aromatic heterocycles. The number of unbranched alkanes of at least 4 members (excludes halogenated alkanes) is 22. The van der Waals surface area contributed by atoms with E-state index in [2.05, 4.69) is 12.7 Å². The summed E-state index contributed by atoms with van der Waals surface area (Å²) in [6.45, 7) is 2.01. The van der Waals surface area contributed by atoms with Gasteiger partial charge in [0.15, 0.2) is 0 Å². The molecule has 4 N–H and O–H groups in total. The molecular weight excluding hydrogens is 414 g/mol. The van der Waals surface area contributed by atoms with Crippen LogP contribution in [-0.4, -0.2) is 28.7 Å². The molecule has 0 spiro atoms. The summed E-state index contributed by atoms with van der Waals surface area (Å²) in [6.07, 6.45) is 32.0. The van der Waals surface area contributed by atoms with Crippen molar-refractivity contribution in [1.82, 2.24) is 0 Å². The van der Waals surface area contributed by atoms with E-state index < -0.39 is 11.9 Å². The Morgan fingerprint density at radius 3 is 0.848 bits per heavy atom. The summed E-state index contributed by atoms with van der Waals surface area (Å²) in [6, 6.07) is 0. The van der Waals surface area contributed by atoms with Crippen molar-refractivity contribution in [2.24, 2.45) is 5.73 Å². The van der Waals surface area contributed by atoms with Gasteiger partial charge in [-0.15, -0.1) is 0 Å². The molecular formula is C28H57NO4. The van der Waals surface area contributed by atoms with Gasteiger partial charge in [-0.05, 0) is 6.42 Å². The summed E-state index contributed by atoms with van der Waals surface area (Å²) >= 11 is 0. The molecule has 0 aliphatic heterocycles. The quantitative estimate of drug-likeness (QED) is 0.116. The van der Waals surface area contributed by atoms with Crippen LogP contribution < -0.4 is 5.73 Å². The zero-order chi connectivity index (χ0) is 24.8. The molecule has 0 heterocycles. The Morgan fingerprint density at radius 2 is 0.667 bits per heavy atom. The molecule has 0 saturated carbocycles. The average molecular weight is 472 g/mol. The number of hydrogen-bond donors (Lipinski definition) is 3. The van der Waals surface area contributed by atoms with E-state index in [1.54, 1.807) is 0 Å². The first-order valence-electron chi connectivity index (χ1n) is 14.2. The normalized spacial score (nSPS) is 10.6. The summed E-state index contributed by atoms with van der Waals surface area (Å²) in [5.41, 5.74) is 4.57. The van der Waals surface area contributed by atoms with Crippen molar-refractivity contribution in [1.29, 1.82) is 0 Å². The van der Waals surface area contributed by atoms with Gasteiger partial charge in [-0.1, -0.05) is 148 Å². The van der Waals surface area contributed by atoms with Gasteiger partial charge in [0.2, 0.25) is 0 Å². The molecule has 5 heteroatoms. The summed E-state index contributed by atoms with van der Waals surface area (Å²) < 4.78 is 0. The lowest BCUT2D eigenvalue weighted by molar-refractivity contribution is -0.137. The van der Waals surface area contributed by atoms with Gasteiger partial charge in [0.1, 0.15) is 0 Å². The van der Waals surface area contributed by atoms with Crippen molar-refractivity contribution >= 4 is 11.9 Å². The van der Waals surface area contributed by atoms with Crippen molar-refractivity contribution in [3.05, 3.63) is 0 Å². The maximum Gasteiger partial charge on any atom is 0.317 e. The Balaban J connectivity index is 0. The second-order valence-corrected chi connectivity index (χ2v) is 9.52. The van der Waals surface area contributed by atoms with E-state index in [4.69, 9.17) is 10.2 Å². The van der Waals surface area contributed by atoms with Gasteiger partial charge < -0.3 is 15.9 Å². The van der Waals surface area contributed by atoms with Crippen LogP contribution in [0.5, 0.6) is 0 Å². The molecule has 198 valence electrons. The Hall–Kier alpha value is -1.10. The molecule has 0 aromatic carbocycles. The number of nitrogens with two attached hydrogens (primary N) is 1. The number of carboxylic acid groups (broad SMARTS) is 2. The predicted octanol–water partition coefficient (Wildman–Crippen LogP) is 8.48. The molecule has 0 radical (unpaired) electrons. The molecule has 0 rings (SSSR count). The van der Waals surface area contributed by atoms with E-state index >= 15 is 0 Å². The van der Waals surface area contributed by atoms with Crippen LogP contribution in [0.1, 0.15) is 161 Å². The Morgan fingerprint density at radius 1 is 0.455 bits per heavy atom. The number of rotatable bonds is 25.